The fourth-order valence-electron chi connectivity index (χ4n) is 2.57. The molecule has 0 aliphatic carbocycles. The first kappa shape index (κ1) is 14.3. The number of ether oxygens (including phenoxy) is 1. The van der Waals surface area contributed by atoms with Crippen LogP contribution in [0.3, 0.4) is 0 Å². The molecule has 0 fully saturated rings. The van der Waals surface area contributed by atoms with E-state index in [1.54, 1.807) is 0 Å². The lowest BCUT2D eigenvalue weighted by molar-refractivity contribution is 0.475. The fourth-order valence-corrected chi connectivity index (χ4v) is 2.57. The van der Waals surface area contributed by atoms with Crippen LogP contribution in [0.4, 0.5) is 17.1 Å². The van der Waals surface area contributed by atoms with Gasteiger partial charge in [0, 0.05) is 6.54 Å². The van der Waals surface area contributed by atoms with Crippen LogP contribution in [0.15, 0.2) is 66.8 Å². The van der Waals surface area contributed by atoms with E-state index in [-0.39, 0.29) is 0 Å². The Hall–Kier alpha value is -2.68. The first-order valence-electron chi connectivity index (χ1n) is 7.56. The van der Waals surface area contributed by atoms with Gasteiger partial charge in [-0.25, -0.2) is 0 Å². The number of para-hydroxylation sites is 3. The highest BCUT2D eigenvalue weighted by Crippen LogP contribution is 2.48. The van der Waals surface area contributed by atoms with Crippen molar-refractivity contribution in [3.63, 3.8) is 0 Å². The van der Waals surface area contributed by atoms with E-state index >= 15 is 0 Å². The number of nitrogen functional groups attached to an aromatic ring is 1. The molecule has 0 spiro atoms. The van der Waals surface area contributed by atoms with Crippen molar-refractivity contribution in [2.45, 2.75) is 13.3 Å². The molecule has 0 amide bonds. The van der Waals surface area contributed by atoms with E-state index in [2.05, 4.69) is 42.2 Å². The Balaban J connectivity index is 1.97. The number of hydrogen-bond acceptors (Lipinski definition) is 3. The van der Waals surface area contributed by atoms with Crippen LogP contribution in [-0.4, -0.2) is 6.54 Å². The second kappa shape index (κ2) is 6.39. The van der Waals surface area contributed by atoms with Gasteiger partial charge in [-0.05, 0) is 30.7 Å². The average molecular weight is 292 g/mol. The molecule has 1 aliphatic rings. The van der Waals surface area contributed by atoms with Crippen molar-refractivity contribution in [2.24, 2.45) is 0 Å². The van der Waals surface area contributed by atoms with Crippen LogP contribution in [0.1, 0.15) is 13.3 Å². The summed E-state index contributed by atoms with van der Waals surface area (Å²) in [6.45, 7) is 2.87. The SMILES string of the molecule is CC/C=C\C=C/CN1c2ccccc2Oc2cccc(N)c21. The molecule has 22 heavy (non-hydrogen) atoms. The lowest BCUT2D eigenvalue weighted by atomic mass is 10.1. The lowest BCUT2D eigenvalue weighted by Gasteiger charge is -2.32. The molecule has 0 atom stereocenters. The first-order valence-corrected chi connectivity index (χ1v) is 7.56. The average Bonchev–Trinajstić information content (AvgIpc) is 2.54. The summed E-state index contributed by atoms with van der Waals surface area (Å²) in [5.74, 6) is 1.66. The van der Waals surface area contributed by atoms with Crippen LogP contribution < -0.4 is 15.4 Å². The van der Waals surface area contributed by atoms with E-state index in [0.717, 1.165) is 41.5 Å². The smallest absolute Gasteiger partial charge is 0.153 e. The fraction of sp³-hybridized carbons (Fsp3) is 0.158. The van der Waals surface area contributed by atoms with Gasteiger partial charge >= 0.3 is 0 Å². The Bertz CT molecular complexity index is 719. The van der Waals surface area contributed by atoms with Gasteiger partial charge < -0.3 is 15.4 Å². The minimum atomic E-state index is 0.726. The topological polar surface area (TPSA) is 38.5 Å². The molecule has 0 bridgehead atoms. The molecular weight excluding hydrogens is 272 g/mol. The van der Waals surface area contributed by atoms with E-state index in [1.165, 1.54) is 0 Å². The molecule has 0 saturated heterocycles. The van der Waals surface area contributed by atoms with Crippen molar-refractivity contribution in [3.05, 3.63) is 66.8 Å². The lowest BCUT2D eigenvalue weighted by Crippen LogP contribution is -2.22. The van der Waals surface area contributed by atoms with Gasteiger partial charge in [0.15, 0.2) is 11.5 Å². The zero-order chi connectivity index (χ0) is 15.4. The van der Waals surface area contributed by atoms with Gasteiger partial charge in [-0.2, -0.15) is 0 Å². The van der Waals surface area contributed by atoms with Gasteiger partial charge in [-0.1, -0.05) is 49.4 Å². The molecule has 0 aromatic heterocycles. The van der Waals surface area contributed by atoms with Gasteiger partial charge in [0.2, 0.25) is 0 Å². The van der Waals surface area contributed by atoms with E-state index in [1.807, 2.05) is 36.4 Å². The first-order chi connectivity index (χ1) is 10.8. The van der Waals surface area contributed by atoms with E-state index < -0.39 is 0 Å². The molecule has 112 valence electrons. The van der Waals surface area contributed by atoms with Gasteiger partial charge in [0.05, 0.1) is 11.4 Å². The number of hydrogen-bond donors (Lipinski definition) is 1. The van der Waals surface area contributed by atoms with Crippen molar-refractivity contribution < 1.29 is 4.74 Å². The number of rotatable bonds is 4. The molecule has 3 rings (SSSR count). The van der Waals surface area contributed by atoms with Crippen molar-refractivity contribution in [2.75, 3.05) is 17.2 Å². The third-order valence-electron chi connectivity index (χ3n) is 3.58. The van der Waals surface area contributed by atoms with E-state index in [4.69, 9.17) is 10.5 Å². The summed E-state index contributed by atoms with van der Waals surface area (Å²) in [7, 11) is 0. The quantitative estimate of drug-likeness (QED) is 0.634. The van der Waals surface area contributed by atoms with Crippen molar-refractivity contribution in [3.8, 4) is 11.5 Å². The van der Waals surface area contributed by atoms with Gasteiger partial charge in [-0.15, -0.1) is 0 Å². The second-order valence-corrected chi connectivity index (χ2v) is 5.14. The highest BCUT2D eigenvalue weighted by molar-refractivity contribution is 5.85. The minimum Gasteiger partial charge on any atom is -0.453 e. The maximum atomic E-state index is 6.18. The third-order valence-corrected chi connectivity index (χ3v) is 3.58. The summed E-state index contributed by atoms with van der Waals surface area (Å²) in [6.07, 6.45) is 9.44. The Morgan fingerprint density at radius 3 is 2.64 bits per heavy atom. The molecular formula is C19H20N2O. The zero-order valence-electron chi connectivity index (χ0n) is 12.7. The largest absolute Gasteiger partial charge is 0.453 e. The Kier molecular flexibility index (Phi) is 4.15. The molecule has 1 aliphatic heterocycles. The Labute approximate surface area is 131 Å². The zero-order valence-corrected chi connectivity index (χ0v) is 12.7. The highest BCUT2D eigenvalue weighted by atomic mass is 16.5. The molecule has 0 saturated carbocycles. The normalized spacial score (nSPS) is 13.2. The van der Waals surface area contributed by atoms with Crippen LogP contribution in [0.2, 0.25) is 0 Å². The summed E-state index contributed by atoms with van der Waals surface area (Å²) in [5, 5.41) is 0. The molecule has 2 N–H and O–H groups in total. The van der Waals surface area contributed by atoms with Crippen LogP contribution in [-0.2, 0) is 0 Å². The van der Waals surface area contributed by atoms with Crippen LogP contribution >= 0.6 is 0 Å². The maximum absolute atomic E-state index is 6.18. The molecule has 3 heteroatoms. The van der Waals surface area contributed by atoms with Gasteiger partial charge in [0.1, 0.15) is 5.69 Å². The van der Waals surface area contributed by atoms with Gasteiger partial charge in [-0.3, -0.25) is 0 Å². The number of anilines is 3. The molecule has 0 unspecified atom stereocenters. The summed E-state index contributed by atoms with van der Waals surface area (Å²) >= 11 is 0. The number of nitrogens with two attached hydrogens (primary N) is 1. The monoisotopic (exact) mass is 292 g/mol. The summed E-state index contributed by atoms with van der Waals surface area (Å²) in [6, 6.07) is 13.8. The van der Waals surface area contributed by atoms with Crippen molar-refractivity contribution in [1.82, 2.24) is 0 Å². The summed E-state index contributed by atoms with van der Waals surface area (Å²) in [5.41, 5.74) is 8.88. The molecule has 3 nitrogen and oxygen atoms in total. The molecule has 2 aromatic carbocycles. The maximum Gasteiger partial charge on any atom is 0.153 e. The predicted molar refractivity (Wildman–Crippen MR) is 92.9 cm³/mol. The van der Waals surface area contributed by atoms with E-state index in [9.17, 15) is 0 Å². The Morgan fingerprint density at radius 2 is 1.77 bits per heavy atom. The van der Waals surface area contributed by atoms with E-state index in [0.29, 0.717) is 0 Å². The standard InChI is InChI=1S/C19H20N2O/c1-2-3-4-5-8-14-21-16-11-6-7-12-17(16)22-18-13-9-10-15(20)19(18)21/h3-13H,2,14,20H2,1H3/b4-3-,8-5-. The number of nitrogens with zero attached hydrogens (tertiary/aromatic N) is 1. The number of benzene rings is 2. The summed E-state index contributed by atoms with van der Waals surface area (Å²) in [4.78, 5) is 2.19. The number of allylic oxidation sites excluding steroid dienone is 3. The third kappa shape index (κ3) is 2.70. The van der Waals surface area contributed by atoms with Crippen LogP contribution in [0.25, 0.3) is 0 Å². The van der Waals surface area contributed by atoms with Gasteiger partial charge in [0.25, 0.3) is 0 Å². The minimum absolute atomic E-state index is 0.726. The van der Waals surface area contributed by atoms with Crippen LogP contribution in [0.5, 0.6) is 11.5 Å². The number of fused-ring (bicyclic) bond motifs is 2. The second-order valence-electron chi connectivity index (χ2n) is 5.14. The molecule has 0 radical (unpaired) electrons. The van der Waals surface area contributed by atoms with Crippen molar-refractivity contribution >= 4 is 17.1 Å². The Morgan fingerprint density at radius 1 is 1.00 bits per heavy atom. The van der Waals surface area contributed by atoms with Crippen LogP contribution in [0, 0.1) is 0 Å². The van der Waals surface area contributed by atoms with Crippen molar-refractivity contribution in [1.29, 1.82) is 0 Å². The molecule has 1 heterocycles. The molecule has 2 aromatic rings. The highest BCUT2D eigenvalue weighted by Gasteiger charge is 2.24. The summed E-state index contributed by atoms with van der Waals surface area (Å²) < 4.78 is 5.97. The predicted octanol–water partition coefficient (Wildman–Crippen LogP) is 5.04.